The molecule has 0 atom stereocenters. The zero-order valence-corrected chi connectivity index (χ0v) is 12.2. The molecule has 0 saturated carbocycles. The molecule has 122 valence electrons. The highest BCUT2D eigenvalue weighted by atomic mass is 19.4. The molecule has 3 aromatic rings. The summed E-state index contributed by atoms with van der Waals surface area (Å²) in [4.78, 5) is 17.9. The zero-order chi connectivity index (χ0) is 17.2. The van der Waals surface area contributed by atoms with E-state index in [1.807, 2.05) is 0 Å². The highest BCUT2D eigenvalue weighted by Gasteiger charge is 2.32. The molecule has 0 aliphatic carbocycles. The first-order valence-corrected chi connectivity index (χ1v) is 6.93. The van der Waals surface area contributed by atoms with E-state index in [2.05, 4.69) is 9.97 Å². The second kappa shape index (κ2) is 6.19. The van der Waals surface area contributed by atoms with E-state index in [0.29, 0.717) is 17.1 Å². The van der Waals surface area contributed by atoms with Gasteiger partial charge in [0.15, 0.2) is 5.76 Å². The van der Waals surface area contributed by atoms with Crippen LogP contribution in [0.3, 0.4) is 0 Å². The molecule has 0 radical (unpaired) electrons. The van der Waals surface area contributed by atoms with Gasteiger partial charge in [0.2, 0.25) is 0 Å². The minimum absolute atomic E-state index is 0.00205. The number of alkyl halides is 3. The first-order valence-electron chi connectivity index (χ1n) is 6.93. The molecule has 0 bridgehead atoms. The van der Waals surface area contributed by atoms with Crippen molar-refractivity contribution in [1.29, 1.82) is 0 Å². The third-order valence-electron chi connectivity index (χ3n) is 3.25. The van der Waals surface area contributed by atoms with Crippen LogP contribution in [0.2, 0.25) is 0 Å². The van der Waals surface area contributed by atoms with Crippen molar-refractivity contribution in [2.75, 3.05) is 0 Å². The largest absolute Gasteiger partial charge is 0.463 e. The molecule has 7 heteroatoms. The van der Waals surface area contributed by atoms with Crippen molar-refractivity contribution in [2.24, 2.45) is 0 Å². The van der Waals surface area contributed by atoms with E-state index < -0.39 is 17.4 Å². The van der Waals surface area contributed by atoms with Crippen molar-refractivity contribution in [3.8, 4) is 11.5 Å². The van der Waals surface area contributed by atoms with E-state index in [4.69, 9.17) is 4.42 Å². The topological polar surface area (TPSA) is 58.9 Å². The second-order valence-corrected chi connectivity index (χ2v) is 4.92. The molecule has 0 aliphatic heterocycles. The van der Waals surface area contributed by atoms with Crippen LogP contribution >= 0.6 is 0 Å². The van der Waals surface area contributed by atoms with E-state index in [1.54, 1.807) is 12.1 Å². The van der Waals surface area contributed by atoms with Crippen molar-refractivity contribution >= 4 is 12.2 Å². The molecular formula is C17H11F3N2O2. The number of nitrogens with zero attached hydrogens (tertiary/aromatic N) is 1. The molecule has 0 spiro atoms. The van der Waals surface area contributed by atoms with Gasteiger partial charge in [-0.25, -0.2) is 4.79 Å². The van der Waals surface area contributed by atoms with Crippen molar-refractivity contribution in [1.82, 2.24) is 9.97 Å². The number of rotatable bonds is 3. The zero-order valence-electron chi connectivity index (χ0n) is 12.2. The van der Waals surface area contributed by atoms with Gasteiger partial charge < -0.3 is 9.40 Å². The Morgan fingerprint density at radius 1 is 1.08 bits per heavy atom. The lowest BCUT2D eigenvalue weighted by Gasteiger charge is -2.09. The van der Waals surface area contributed by atoms with Crippen molar-refractivity contribution < 1.29 is 17.6 Å². The van der Waals surface area contributed by atoms with E-state index in [9.17, 15) is 18.0 Å². The van der Waals surface area contributed by atoms with Gasteiger partial charge in [0.05, 0.1) is 11.8 Å². The predicted octanol–water partition coefficient (Wildman–Crippen LogP) is 4.22. The summed E-state index contributed by atoms with van der Waals surface area (Å²) < 4.78 is 44.1. The highest BCUT2D eigenvalue weighted by molar-refractivity contribution is 5.71. The van der Waals surface area contributed by atoms with Crippen LogP contribution in [0, 0.1) is 0 Å². The quantitative estimate of drug-likeness (QED) is 0.781. The SMILES string of the molecule is O=c1nc(-c2ccco2)cc(C=Cc2ccccc2C(F)(F)F)[nH]1. The molecule has 0 aliphatic rings. The monoisotopic (exact) mass is 332 g/mol. The Morgan fingerprint density at radius 2 is 1.88 bits per heavy atom. The van der Waals surface area contributed by atoms with Crippen LogP contribution < -0.4 is 5.69 Å². The van der Waals surface area contributed by atoms with E-state index in [-0.39, 0.29) is 5.56 Å². The predicted molar refractivity (Wildman–Crippen MR) is 82.9 cm³/mol. The molecule has 0 unspecified atom stereocenters. The van der Waals surface area contributed by atoms with Crippen LogP contribution in [0.15, 0.2) is 57.9 Å². The van der Waals surface area contributed by atoms with Gasteiger partial charge in [-0.3, -0.25) is 0 Å². The Bertz CT molecular complexity index is 926. The van der Waals surface area contributed by atoms with Crippen LogP contribution in [0.4, 0.5) is 13.2 Å². The average Bonchev–Trinajstić information content (AvgIpc) is 3.06. The number of aromatic amines is 1. The van der Waals surface area contributed by atoms with Gasteiger partial charge in [-0.05, 0) is 35.9 Å². The normalized spacial score (nSPS) is 12.0. The standard InChI is InChI=1S/C17H11F3N2O2/c18-17(19,20)13-5-2-1-4-11(13)7-8-12-10-14(22-16(23)21-12)15-6-3-9-24-15/h1-10H,(H,21,22,23). The van der Waals surface area contributed by atoms with Crippen molar-refractivity contribution in [2.45, 2.75) is 6.18 Å². The number of benzene rings is 1. The van der Waals surface area contributed by atoms with Gasteiger partial charge in [-0.15, -0.1) is 0 Å². The fourth-order valence-electron chi connectivity index (χ4n) is 2.20. The van der Waals surface area contributed by atoms with Crippen LogP contribution in [0.1, 0.15) is 16.8 Å². The van der Waals surface area contributed by atoms with E-state index in [1.165, 1.54) is 42.7 Å². The maximum atomic E-state index is 13.0. The minimum atomic E-state index is -4.45. The maximum Gasteiger partial charge on any atom is 0.416 e. The fourth-order valence-corrected chi connectivity index (χ4v) is 2.20. The lowest BCUT2D eigenvalue weighted by molar-refractivity contribution is -0.137. The van der Waals surface area contributed by atoms with Gasteiger partial charge in [-0.1, -0.05) is 24.3 Å². The highest BCUT2D eigenvalue weighted by Crippen LogP contribution is 2.32. The number of furan rings is 1. The van der Waals surface area contributed by atoms with E-state index >= 15 is 0 Å². The summed E-state index contributed by atoms with van der Waals surface area (Å²) in [6, 6.07) is 9.99. The number of halogens is 3. The first kappa shape index (κ1) is 15.8. The van der Waals surface area contributed by atoms with Gasteiger partial charge in [0.25, 0.3) is 0 Å². The number of hydrogen-bond donors (Lipinski definition) is 1. The molecule has 24 heavy (non-hydrogen) atoms. The molecule has 4 nitrogen and oxygen atoms in total. The Balaban J connectivity index is 1.98. The number of nitrogens with one attached hydrogen (secondary N) is 1. The first-order chi connectivity index (χ1) is 11.4. The summed E-state index contributed by atoms with van der Waals surface area (Å²) in [6.45, 7) is 0. The minimum Gasteiger partial charge on any atom is -0.463 e. The molecule has 0 saturated heterocycles. The Hall–Kier alpha value is -3.09. The average molecular weight is 332 g/mol. The number of aromatic nitrogens is 2. The fraction of sp³-hybridized carbons (Fsp3) is 0.0588. The molecule has 1 aromatic carbocycles. The summed E-state index contributed by atoms with van der Waals surface area (Å²) in [5.41, 5.74) is -0.746. The molecule has 2 heterocycles. The van der Waals surface area contributed by atoms with Crippen LogP contribution in [-0.2, 0) is 6.18 Å². The van der Waals surface area contributed by atoms with Crippen molar-refractivity contribution in [3.63, 3.8) is 0 Å². The Labute approximate surface area is 134 Å². The van der Waals surface area contributed by atoms with Crippen LogP contribution in [0.5, 0.6) is 0 Å². The van der Waals surface area contributed by atoms with Gasteiger partial charge in [0.1, 0.15) is 5.69 Å². The molecule has 2 aromatic heterocycles. The third kappa shape index (κ3) is 3.45. The summed E-state index contributed by atoms with van der Waals surface area (Å²) in [7, 11) is 0. The maximum absolute atomic E-state index is 13.0. The summed E-state index contributed by atoms with van der Waals surface area (Å²) >= 11 is 0. The van der Waals surface area contributed by atoms with Crippen LogP contribution in [0.25, 0.3) is 23.6 Å². The van der Waals surface area contributed by atoms with Gasteiger partial charge in [0, 0.05) is 5.69 Å². The molecule has 3 rings (SSSR count). The summed E-state index contributed by atoms with van der Waals surface area (Å²) in [5, 5.41) is 0. The molecule has 1 N–H and O–H groups in total. The van der Waals surface area contributed by atoms with E-state index in [0.717, 1.165) is 6.07 Å². The Morgan fingerprint density at radius 3 is 2.58 bits per heavy atom. The van der Waals surface area contributed by atoms with Crippen molar-refractivity contribution in [3.05, 3.63) is 76.0 Å². The summed E-state index contributed by atoms with van der Waals surface area (Å²) in [5.74, 6) is 0.395. The molecule has 0 amide bonds. The smallest absolute Gasteiger partial charge is 0.416 e. The number of hydrogen-bond acceptors (Lipinski definition) is 3. The van der Waals surface area contributed by atoms with Crippen LogP contribution in [-0.4, -0.2) is 9.97 Å². The lowest BCUT2D eigenvalue weighted by atomic mass is 10.1. The number of H-pyrrole nitrogens is 1. The summed E-state index contributed by atoms with van der Waals surface area (Å²) in [6.07, 6.45) is -0.334. The van der Waals surface area contributed by atoms with Gasteiger partial charge >= 0.3 is 11.9 Å². The second-order valence-electron chi connectivity index (χ2n) is 4.92. The third-order valence-corrected chi connectivity index (χ3v) is 3.25. The molecular weight excluding hydrogens is 321 g/mol. The van der Waals surface area contributed by atoms with Gasteiger partial charge in [-0.2, -0.15) is 18.2 Å². The molecule has 0 fully saturated rings. The lowest BCUT2D eigenvalue weighted by Crippen LogP contribution is -2.12. The Kier molecular flexibility index (Phi) is 4.07.